The van der Waals surface area contributed by atoms with Crippen molar-refractivity contribution in [2.45, 2.75) is 0 Å². The molecule has 3 N–H and O–H groups in total. The number of hydrazone groups is 1. The molecule has 0 aliphatic carbocycles. The summed E-state index contributed by atoms with van der Waals surface area (Å²) in [5.41, 5.74) is 3.49. The van der Waals surface area contributed by atoms with E-state index in [1.165, 1.54) is 30.5 Å². The van der Waals surface area contributed by atoms with Crippen LogP contribution < -0.4 is 20.8 Å². The van der Waals surface area contributed by atoms with Crippen molar-refractivity contribution < 1.29 is 18.7 Å². The van der Waals surface area contributed by atoms with Crippen molar-refractivity contribution in [3.63, 3.8) is 0 Å². The second kappa shape index (κ2) is 9.02. The van der Waals surface area contributed by atoms with E-state index in [1.807, 2.05) is 0 Å². The molecular weight excluding hydrogens is 327 g/mol. The molecule has 2 aromatic rings. The highest BCUT2D eigenvalue weighted by Gasteiger charge is 2.05. The molecule has 8 heteroatoms. The van der Waals surface area contributed by atoms with Crippen LogP contribution in [0.25, 0.3) is 0 Å². The number of benzene rings is 2. The Bertz CT molecular complexity index is 745. The monoisotopic (exact) mass is 344 g/mol. The number of amides is 3. The lowest BCUT2D eigenvalue weighted by Crippen LogP contribution is -2.37. The number of hydrogen-bond acceptors (Lipinski definition) is 4. The highest BCUT2D eigenvalue weighted by atomic mass is 19.1. The average Bonchev–Trinajstić information content (AvgIpc) is 2.62. The van der Waals surface area contributed by atoms with Crippen LogP contribution in [0.1, 0.15) is 5.56 Å². The molecule has 0 saturated carbocycles. The SMILES string of the molecule is COc1ccc(/C=N/NC(=O)CNC(=O)Nc2ccc(F)cc2)cc1. The summed E-state index contributed by atoms with van der Waals surface area (Å²) < 4.78 is 17.8. The fourth-order valence-corrected chi connectivity index (χ4v) is 1.78. The molecular formula is C17H17FN4O3. The third-order valence-corrected chi connectivity index (χ3v) is 3.03. The number of methoxy groups -OCH3 is 1. The van der Waals surface area contributed by atoms with E-state index >= 15 is 0 Å². The van der Waals surface area contributed by atoms with Crippen molar-refractivity contribution in [1.29, 1.82) is 0 Å². The Morgan fingerprint density at radius 2 is 1.80 bits per heavy atom. The largest absolute Gasteiger partial charge is 0.497 e. The van der Waals surface area contributed by atoms with E-state index in [0.717, 1.165) is 11.3 Å². The number of rotatable bonds is 6. The highest BCUT2D eigenvalue weighted by molar-refractivity contribution is 5.92. The molecule has 0 aliphatic rings. The molecule has 3 amide bonds. The van der Waals surface area contributed by atoms with Crippen LogP contribution in [0, 0.1) is 5.82 Å². The molecule has 0 atom stereocenters. The summed E-state index contributed by atoms with van der Waals surface area (Å²) in [6.07, 6.45) is 1.47. The first kappa shape index (κ1) is 17.9. The van der Waals surface area contributed by atoms with Crippen molar-refractivity contribution >= 4 is 23.8 Å². The predicted molar refractivity (Wildman–Crippen MR) is 92.2 cm³/mol. The predicted octanol–water partition coefficient (Wildman–Crippen LogP) is 2.11. The van der Waals surface area contributed by atoms with Gasteiger partial charge in [-0.1, -0.05) is 0 Å². The van der Waals surface area contributed by atoms with Crippen molar-refractivity contribution in [1.82, 2.24) is 10.7 Å². The highest BCUT2D eigenvalue weighted by Crippen LogP contribution is 2.09. The molecule has 2 aromatic carbocycles. The Hall–Kier alpha value is -3.42. The first-order chi connectivity index (χ1) is 12.1. The van der Waals surface area contributed by atoms with E-state index in [2.05, 4.69) is 21.2 Å². The van der Waals surface area contributed by atoms with E-state index in [1.54, 1.807) is 31.4 Å². The number of carbonyl (C=O) groups is 2. The maximum atomic E-state index is 12.8. The van der Waals surface area contributed by atoms with Crippen LogP contribution in [-0.2, 0) is 4.79 Å². The number of nitrogens with zero attached hydrogens (tertiary/aromatic N) is 1. The van der Waals surface area contributed by atoms with Crippen molar-refractivity contribution in [3.05, 3.63) is 59.9 Å². The average molecular weight is 344 g/mol. The van der Waals surface area contributed by atoms with Gasteiger partial charge in [0.2, 0.25) is 0 Å². The van der Waals surface area contributed by atoms with Crippen LogP contribution in [0.15, 0.2) is 53.6 Å². The zero-order valence-electron chi connectivity index (χ0n) is 13.5. The number of hydrogen-bond donors (Lipinski definition) is 3. The zero-order valence-corrected chi connectivity index (χ0v) is 13.5. The molecule has 25 heavy (non-hydrogen) atoms. The van der Waals surface area contributed by atoms with Gasteiger partial charge in [0.05, 0.1) is 13.3 Å². The standard InChI is InChI=1S/C17H17FN4O3/c1-25-15-8-2-12(3-9-15)10-20-22-16(23)11-19-17(24)21-14-6-4-13(18)5-7-14/h2-10H,11H2,1H3,(H,22,23)(H2,19,21,24)/b20-10+. The summed E-state index contributed by atoms with van der Waals surface area (Å²) in [6.45, 7) is -0.257. The molecule has 2 rings (SSSR count). The van der Waals surface area contributed by atoms with Crippen LogP contribution in [0.2, 0.25) is 0 Å². The van der Waals surface area contributed by atoms with Crippen LogP contribution in [0.5, 0.6) is 5.75 Å². The molecule has 0 saturated heterocycles. The van der Waals surface area contributed by atoms with E-state index in [-0.39, 0.29) is 6.54 Å². The molecule has 0 aliphatic heterocycles. The van der Waals surface area contributed by atoms with Crippen LogP contribution in [-0.4, -0.2) is 31.8 Å². The molecule has 0 spiro atoms. The lowest BCUT2D eigenvalue weighted by molar-refractivity contribution is -0.120. The number of halogens is 1. The first-order valence-electron chi connectivity index (χ1n) is 7.33. The van der Waals surface area contributed by atoms with Gasteiger partial charge in [0.15, 0.2) is 0 Å². The topological polar surface area (TPSA) is 91.8 Å². The number of anilines is 1. The van der Waals surface area contributed by atoms with Crippen molar-refractivity contribution in [3.8, 4) is 5.75 Å². The molecule has 0 radical (unpaired) electrons. The van der Waals surface area contributed by atoms with Gasteiger partial charge in [-0.15, -0.1) is 0 Å². The third kappa shape index (κ3) is 6.30. The smallest absolute Gasteiger partial charge is 0.319 e. The van der Waals surface area contributed by atoms with E-state index in [4.69, 9.17) is 4.74 Å². The number of ether oxygens (including phenoxy) is 1. The second-order valence-electron chi connectivity index (χ2n) is 4.88. The summed E-state index contributed by atoms with van der Waals surface area (Å²) in [4.78, 5) is 23.2. The molecule has 0 aromatic heterocycles. The quantitative estimate of drug-likeness (QED) is 0.553. The van der Waals surface area contributed by atoms with Crippen molar-refractivity contribution in [2.24, 2.45) is 5.10 Å². The number of nitrogens with one attached hydrogen (secondary N) is 3. The van der Waals surface area contributed by atoms with E-state index in [9.17, 15) is 14.0 Å². The Labute approximate surface area is 143 Å². The van der Waals surface area contributed by atoms with Gasteiger partial charge in [0, 0.05) is 5.69 Å². The first-order valence-corrected chi connectivity index (χ1v) is 7.33. The Kier molecular flexibility index (Phi) is 6.47. The molecule has 130 valence electrons. The van der Waals surface area contributed by atoms with E-state index < -0.39 is 17.8 Å². The minimum atomic E-state index is -0.583. The van der Waals surface area contributed by atoms with Gasteiger partial charge in [-0.05, 0) is 54.1 Å². The lowest BCUT2D eigenvalue weighted by Gasteiger charge is -2.06. The van der Waals surface area contributed by atoms with Crippen LogP contribution in [0.3, 0.4) is 0 Å². The maximum Gasteiger partial charge on any atom is 0.319 e. The van der Waals surface area contributed by atoms with E-state index in [0.29, 0.717) is 5.69 Å². The normalized spacial score (nSPS) is 10.3. The van der Waals surface area contributed by atoms with Gasteiger partial charge in [-0.2, -0.15) is 5.10 Å². The third-order valence-electron chi connectivity index (χ3n) is 3.03. The zero-order chi connectivity index (χ0) is 18.1. The minimum absolute atomic E-state index is 0.257. The lowest BCUT2D eigenvalue weighted by atomic mass is 10.2. The summed E-state index contributed by atoms with van der Waals surface area (Å²) >= 11 is 0. The second-order valence-corrected chi connectivity index (χ2v) is 4.88. The van der Waals surface area contributed by atoms with Gasteiger partial charge in [-0.3, -0.25) is 4.79 Å². The Morgan fingerprint density at radius 1 is 1.12 bits per heavy atom. The summed E-state index contributed by atoms with van der Waals surface area (Å²) in [5.74, 6) is -0.170. The molecule has 0 heterocycles. The number of carbonyl (C=O) groups excluding carboxylic acids is 2. The van der Waals surface area contributed by atoms with Gasteiger partial charge in [0.1, 0.15) is 18.1 Å². The molecule has 0 bridgehead atoms. The molecule has 0 unspecified atom stereocenters. The van der Waals surface area contributed by atoms with Crippen LogP contribution in [0.4, 0.5) is 14.9 Å². The minimum Gasteiger partial charge on any atom is -0.497 e. The fourth-order valence-electron chi connectivity index (χ4n) is 1.78. The maximum absolute atomic E-state index is 12.8. The molecule has 7 nitrogen and oxygen atoms in total. The van der Waals surface area contributed by atoms with Gasteiger partial charge in [-0.25, -0.2) is 14.6 Å². The van der Waals surface area contributed by atoms with Gasteiger partial charge >= 0.3 is 6.03 Å². The van der Waals surface area contributed by atoms with Gasteiger partial charge < -0.3 is 15.4 Å². The Morgan fingerprint density at radius 3 is 2.44 bits per heavy atom. The summed E-state index contributed by atoms with van der Waals surface area (Å²) in [7, 11) is 1.57. The van der Waals surface area contributed by atoms with Gasteiger partial charge in [0.25, 0.3) is 5.91 Å². The fraction of sp³-hybridized carbons (Fsp3) is 0.118. The molecule has 0 fully saturated rings. The van der Waals surface area contributed by atoms with Crippen LogP contribution >= 0.6 is 0 Å². The summed E-state index contributed by atoms with van der Waals surface area (Å²) in [5, 5.41) is 8.62. The summed E-state index contributed by atoms with van der Waals surface area (Å²) in [6, 6.07) is 11.8. The Balaban J connectivity index is 1.71. The van der Waals surface area contributed by atoms with Crippen molar-refractivity contribution in [2.75, 3.05) is 19.0 Å². The number of urea groups is 1.